The van der Waals surface area contributed by atoms with Crippen molar-refractivity contribution in [3.63, 3.8) is 0 Å². The predicted octanol–water partition coefficient (Wildman–Crippen LogP) is 4.11. The van der Waals surface area contributed by atoms with Gasteiger partial charge in [0.2, 0.25) is 0 Å². The third kappa shape index (κ3) is 2.43. The molecule has 132 valence electrons. The van der Waals surface area contributed by atoms with Crippen LogP contribution in [0.25, 0.3) is 0 Å². The Bertz CT molecular complexity index is 671. The molecule has 4 heteroatoms. The second-order valence-electron chi connectivity index (χ2n) is 7.73. The summed E-state index contributed by atoms with van der Waals surface area (Å²) in [7, 11) is 0. The molecule has 0 unspecified atom stereocenters. The molecule has 1 fully saturated rings. The summed E-state index contributed by atoms with van der Waals surface area (Å²) in [6.07, 6.45) is 5.25. The molecule has 4 nitrogen and oxygen atoms in total. The van der Waals surface area contributed by atoms with Crippen molar-refractivity contribution in [2.75, 3.05) is 0 Å². The average molecular weight is 332 g/mol. The lowest BCUT2D eigenvalue weighted by Gasteiger charge is -2.54. The Labute approximate surface area is 143 Å². The van der Waals surface area contributed by atoms with Gasteiger partial charge in [0.15, 0.2) is 0 Å². The van der Waals surface area contributed by atoms with Crippen LogP contribution < -0.4 is 0 Å². The van der Waals surface area contributed by atoms with Gasteiger partial charge in [-0.15, -0.1) is 0 Å². The van der Waals surface area contributed by atoms with E-state index in [0.29, 0.717) is 17.9 Å². The Morgan fingerprint density at radius 1 is 1.46 bits per heavy atom. The van der Waals surface area contributed by atoms with Crippen LogP contribution in [0.3, 0.4) is 0 Å². The number of aryl methyl sites for hydroxylation is 1. The lowest BCUT2D eigenvalue weighted by Crippen LogP contribution is -2.53. The summed E-state index contributed by atoms with van der Waals surface area (Å²) in [6.45, 7) is 9.94. The van der Waals surface area contributed by atoms with E-state index in [-0.39, 0.29) is 23.4 Å². The Balaban J connectivity index is 1.96. The molecule has 0 spiro atoms. The van der Waals surface area contributed by atoms with Crippen LogP contribution in [0.4, 0.5) is 0 Å². The number of aliphatic hydroxyl groups excluding tert-OH is 1. The fourth-order valence-corrected chi connectivity index (χ4v) is 4.55. The van der Waals surface area contributed by atoms with Crippen LogP contribution in [0.2, 0.25) is 0 Å². The highest BCUT2D eigenvalue weighted by Gasteiger charge is 2.56. The summed E-state index contributed by atoms with van der Waals surface area (Å²) in [6, 6.07) is 0. The molecule has 1 N–H and O–H groups in total. The highest BCUT2D eigenvalue weighted by Crippen LogP contribution is 2.58. The molecule has 1 heterocycles. The molecule has 0 aromatic carbocycles. The Morgan fingerprint density at radius 2 is 2.17 bits per heavy atom. The molecule has 3 rings (SSSR count). The number of ether oxygens (including phenoxy) is 1. The first-order chi connectivity index (χ1) is 11.3. The first-order valence-corrected chi connectivity index (χ1v) is 8.89. The topological polar surface area (TPSA) is 59.7 Å². The zero-order chi connectivity index (χ0) is 17.6. The maximum absolute atomic E-state index is 12.3. The minimum absolute atomic E-state index is 0.0721. The number of allylic oxidation sites excluding steroid dienone is 1. The quantitative estimate of drug-likeness (QED) is 0.654. The van der Waals surface area contributed by atoms with Crippen LogP contribution >= 0.6 is 0 Å². The van der Waals surface area contributed by atoms with E-state index in [1.165, 1.54) is 0 Å². The number of hydrogen-bond donors (Lipinski definition) is 1. The van der Waals surface area contributed by atoms with Crippen molar-refractivity contribution in [1.82, 2.24) is 0 Å². The molecule has 0 amide bonds. The highest BCUT2D eigenvalue weighted by molar-refractivity contribution is 5.87. The molecule has 2 aliphatic carbocycles. The van der Waals surface area contributed by atoms with Crippen LogP contribution in [0, 0.1) is 24.2 Å². The minimum atomic E-state index is -0.579. The Morgan fingerprint density at radius 3 is 2.83 bits per heavy atom. The fourth-order valence-electron chi connectivity index (χ4n) is 4.55. The molecule has 1 aromatic heterocycles. The van der Waals surface area contributed by atoms with Gasteiger partial charge in [-0.25, -0.2) is 4.79 Å². The van der Waals surface area contributed by atoms with E-state index < -0.39 is 6.10 Å². The van der Waals surface area contributed by atoms with Crippen LogP contribution in [0.1, 0.15) is 63.5 Å². The Hall–Kier alpha value is -1.55. The van der Waals surface area contributed by atoms with Crippen molar-refractivity contribution in [1.29, 1.82) is 0 Å². The van der Waals surface area contributed by atoms with Crippen LogP contribution in [-0.4, -0.2) is 17.2 Å². The fraction of sp³-hybridized carbons (Fsp3) is 0.650. The summed E-state index contributed by atoms with van der Waals surface area (Å²) in [5.41, 5.74) is 2.26. The molecular weight excluding hydrogens is 304 g/mol. The van der Waals surface area contributed by atoms with Crippen molar-refractivity contribution in [2.24, 2.45) is 17.3 Å². The largest absolute Gasteiger partial charge is 0.469 e. The van der Waals surface area contributed by atoms with Crippen molar-refractivity contribution >= 4 is 5.97 Å². The van der Waals surface area contributed by atoms with E-state index in [4.69, 9.17) is 9.15 Å². The first-order valence-electron chi connectivity index (χ1n) is 8.89. The van der Waals surface area contributed by atoms with Gasteiger partial charge in [-0.3, -0.25) is 0 Å². The number of rotatable bonds is 2. The number of hydrogen-bond acceptors (Lipinski definition) is 4. The summed E-state index contributed by atoms with van der Waals surface area (Å²) < 4.78 is 11.5. The van der Waals surface area contributed by atoms with E-state index in [0.717, 1.165) is 29.7 Å². The van der Waals surface area contributed by atoms with Crippen molar-refractivity contribution < 1.29 is 19.1 Å². The number of furan rings is 1. The van der Waals surface area contributed by atoms with Gasteiger partial charge < -0.3 is 14.3 Å². The maximum Gasteiger partial charge on any atom is 0.333 e. The van der Waals surface area contributed by atoms with Gasteiger partial charge in [0.1, 0.15) is 11.9 Å². The van der Waals surface area contributed by atoms with E-state index in [1.807, 2.05) is 13.8 Å². The number of esters is 1. The number of carbonyl (C=O) groups is 1. The van der Waals surface area contributed by atoms with Crippen molar-refractivity contribution in [3.05, 3.63) is 34.8 Å². The lowest BCUT2D eigenvalue weighted by atomic mass is 9.53. The van der Waals surface area contributed by atoms with Crippen molar-refractivity contribution in [2.45, 2.75) is 66.1 Å². The monoisotopic (exact) mass is 332 g/mol. The van der Waals surface area contributed by atoms with Gasteiger partial charge in [-0.1, -0.05) is 19.9 Å². The molecule has 0 bridgehead atoms. The SMILES string of the molecule is CC=C(C)C(=O)O[C@@H]1CC[C@H](C)[C@@]2(C)[C@H](O)c3c(C)coc3C[C@@H]12. The smallest absolute Gasteiger partial charge is 0.333 e. The molecule has 0 saturated heterocycles. The predicted molar refractivity (Wildman–Crippen MR) is 91.4 cm³/mol. The van der Waals surface area contributed by atoms with Crippen LogP contribution in [0.5, 0.6) is 0 Å². The third-order valence-electron chi connectivity index (χ3n) is 6.58. The standard InChI is InChI=1S/C20H28O4/c1-6-11(2)19(22)24-15-8-7-13(4)20(5)14(15)9-16-17(18(20)21)12(3)10-23-16/h6,10,13-15,18,21H,7-9H2,1-5H3/t13-,14-,15+,18+,20+/m0/s1. The molecule has 0 radical (unpaired) electrons. The summed E-state index contributed by atoms with van der Waals surface area (Å²) in [5, 5.41) is 11.2. The molecule has 1 saturated carbocycles. The summed E-state index contributed by atoms with van der Waals surface area (Å²) >= 11 is 0. The van der Waals surface area contributed by atoms with Crippen LogP contribution in [0.15, 0.2) is 22.3 Å². The lowest BCUT2D eigenvalue weighted by molar-refractivity contribution is -0.170. The zero-order valence-corrected chi connectivity index (χ0v) is 15.3. The maximum atomic E-state index is 12.3. The number of fused-ring (bicyclic) bond motifs is 2. The van der Waals surface area contributed by atoms with Gasteiger partial charge >= 0.3 is 5.97 Å². The molecule has 5 atom stereocenters. The van der Waals surface area contributed by atoms with Gasteiger partial charge in [0.25, 0.3) is 0 Å². The number of carbonyl (C=O) groups excluding carboxylic acids is 1. The molecule has 2 aliphatic rings. The highest BCUT2D eigenvalue weighted by atomic mass is 16.5. The van der Waals surface area contributed by atoms with E-state index in [9.17, 15) is 9.90 Å². The zero-order valence-electron chi connectivity index (χ0n) is 15.3. The van der Waals surface area contributed by atoms with Crippen molar-refractivity contribution in [3.8, 4) is 0 Å². The van der Waals surface area contributed by atoms with E-state index >= 15 is 0 Å². The molecular formula is C20H28O4. The second-order valence-corrected chi connectivity index (χ2v) is 7.73. The molecule has 24 heavy (non-hydrogen) atoms. The molecule has 1 aromatic rings. The molecule has 0 aliphatic heterocycles. The normalized spacial score (nSPS) is 36.0. The summed E-state index contributed by atoms with van der Waals surface area (Å²) in [5.74, 6) is 1.02. The van der Waals surface area contributed by atoms with E-state index in [2.05, 4.69) is 13.8 Å². The van der Waals surface area contributed by atoms with Gasteiger partial charge in [0.05, 0.1) is 12.4 Å². The van der Waals surface area contributed by atoms with E-state index in [1.54, 1.807) is 19.3 Å². The average Bonchev–Trinajstić information content (AvgIpc) is 2.93. The number of aliphatic hydroxyl groups is 1. The van der Waals surface area contributed by atoms with Crippen LogP contribution in [-0.2, 0) is 16.0 Å². The van der Waals surface area contributed by atoms with Gasteiger partial charge in [0, 0.05) is 28.9 Å². The second kappa shape index (κ2) is 6.07. The minimum Gasteiger partial charge on any atom is -0.469 e. The first kappa shape index (κ1) is 17.3. The Kier molecular flexibility index (Phi) is 4.37. The van der Waals surface area contributed by atoms with Gasteiger partial charge in [-0.2, -0.15) is 0 Å². The third-order valence-corrected chi connectivity index (χ3v) is 6.58. The summed E-state index contributed by atoms with van der Waals surface area (Å²) in [4.78, 5) is 12.3. The van der Waals surface area contributed by atoms with Gasteiger partial charge in [-0.05, 0) is 45.1 Å².